The maximum Gasteiger partial charge on any atom is 0.119 e. The van der Waals surface area contributed by atoms with Crippen LogP contribution in [0.15, 0.2) is 36.1 Å². The summed E-state index contributed by atoms with van der Waals surface area (Å²) in [7, 11) is 0. The van der Waals surface area contributed by atoms with Crippen molar-refractivity contribution in [3.8, 4) is 11.8 Å². The fourth-order valence-corrected chi connectivity index (χ4v) is 1.73. The molecule has 0 N–H and O–H groups in total. The summed E-state index contributed by atoms with van der Waals surface area (Å²) < 4.78 is 10.5. The van der Waals surface area contributed by atoms with Gasteiger partial charge < -0.3 is 9.47 Å². The van der Waals surface area contributed by atoms with Gasteiger partial charge >= 0.3 is 0 Å². The third-order valence-electron chi connectivity index (χ3n) is 2.68. The van der Waals surface area contributed by atoms with Crippen LogP contribution in [0, 0.1) is 11.3 Å². The van der Waals surface area contributed by atoms with Crippen molar-refractivity contribution in [1.82, 2.24) is 0 Å². The van der Waals surface area contributed by atoms with Crippen molar-refractivity contribution < 1.29 is 9.47 Å². The molecule has 0 aliphatic carbocycles. The Morgan fingerprint density at radius 3 is 2.53 bits per heavy atom. The summed E-state index contributed by atoms with van der Waals surface area (Å²) in [6.07, 6.45) is 4.22. The van der Waals surface area contributed by atoms with Crippen LogP contribution < -0.4 is 4.74 Å². The number of hydrogen-bond donors (Lipinski definition) is 0. The molecule has 102 valence electrons. The van der Waals surface area contributed by atoms with E-state index in [1.54, 1.807) is 6.26 Å². The molecule has 0 fully saturated rings. The Morgan fingerprint density at radius 1 is 1.21 bits per heavy atom. The van der Waals surface area contributed by atoms with Crippen molar-refractivity contribution in [1.29, 1.82) is 5.26 Å². The van der Waals surface area contributed by atoms with Crippen molar-refractivity contribution in [3.63, 3.8) is 0 Å². The van der Waals surface area contributed by atoms with Gasteiger partial charge in [-0.3, -0.25) is 0 Å². The van der Waals surface area contributed by atoms with Crippen molar-refractivity contribution >= 4 is 0 Å². The van der Waals surface area contributed by atoms with E-state index in [2.05, 4.69) is 18.2 Å². The third kappa shape index (κ3) is 5.96. The highest BCUT2D eigenvalue weighted by Crippen LogP contribution is 2.15. The van der Waals surface area contributed by atoms with E-state index in [1.165, 1.54) is 5.56 Å². The number of rotatable bonds is 8. The largest absolute Gasteiger partial charge is 0.500 e. The average molecular weight is 259 g/mol. The Balaban J connectivity index is 2.38. The van der Waals surface area contributed by atoms with Crippen LogP contribution >= 0.6 is 0 Å². The number of nitriles is 1. The van der Waals surface area contributed by atoms with Gasteiger partial charge in [-0.2, -0.15) is 5.26 Å². The van der Waals surface area contributed by atoms with Gasteiger partial charge in [0.1, 0.15) is 5.75 Å². The zero-order chi connectivity index (χ0) is 13.9. The van der Waals surface area contributed by atoms with Crippen LogP contribution in [0.2, 0.25) is 0 Å². The summed E-state index contributed by atoms with van der Waals surface area (Å²) >= 11 is 0. The molecule has 1 aromatic rings. The molecule has 0 bridgehead atoms. The Bertz CT molecular complexity index is 429. The molecule has 1 rings (SSSR count). The lowest BCUT2D eigenvalue weighted by molar-refractivity contribution is 0.266. The summed E-state index contributed by atoms with van der Waals surface area (Å²) in [6, 6.07) is 10.3. The van der Waals surface area contributed by atoms with Gasteiger partial charge in [0.2, 0.25) is 0 Å². The van der Waals surface area contributed by atoms with Gasteiger partial charge in [0, 0.05) is 0 Å². The predicted molar refractivity (Wildman–Crippen MR) is 75.9 cm³/mol. The van der Waals surface area contributed by atoms with Gasteiger partial charge in [0.25, 0.3) is 0 Å². The summed E-state index contributed by atoms with van der Waals surface area (Å²) in [4.78, 5) is 0. The van der Waals surface area contributed by atoms with Crippen LogP contribution in [0.4, 0.5) is 0 Å². The predicted octanol–water partition coefficient (Wildman–Crippen LogP) is 3.85. The smallest absolute Gasteiger partial charge is 0.119 e. The molecular weight excluding hydrogens is 238 g/mol. The van der Waals surface area contributed by atoms with Crippen molar-refractivity contribution in [2.24, 2.45) is 0 Å². The molecular formula is C16H21NO2. The van der Waals surface area contributed by atoms with Gasteiger partial charge in [-0.25, -0.2) is 0 Å². The molecule has 0 saturated heterocycles. The zero-order valence-electron chi connectivity index (χ0n) is 11.7. The molecule has 0 amide bonds. The van der Waals surface area contributed by atoms with Gasteiger partial charge in [-0.05, 0) is 50.8 Å². The molecule has 0 atom stereocenters. The van der Waals surface area contributed by atoms with Gasteiger partial charge in [0.05, 0.1) is 31.1 Å². The highest BCUT2D eigenvalue weighted by atomic mass is 16.5. The fourth-order valence-electron chi connectivity index (χ4n) is 1.73. The van der Waals surface area contributed by atoms with Crippen LogP contribution in [-0.4, -0.2) is 13.2 Å². The summed E-state index contributed by atoms with van der Waals surface area (Å²) in [5, 5.41) is 8.93. The van der Waals surface area contributed by atoms with Crippen LogP contribution in [-0.2, 0) is 11.2 Å². The number of nitrogens with zero attached hydrogens (tertiary/aromatic N) is 1. The third-order valence-corrected chi connectivity index (χ3v) is 2.68. The van der Waals surface area contributed by atoms with E-state index in [4.69, 9.17) is 14.7 Å². The molecule has 0 saturated carbocycles. The lowest BCUT2D eigenvalue weighted by atomic mass is 10.1. The lowest BCUT2D eigenvalue weighted by Gasteiger charge is -2.05. The minimum atomic E-state index is 0.601. The summed E-state index contributed by atoms with van der Waals surface area (Å²) in [6.45, 7) is 5.17. The first kappa shape index (κ1) is 15.1. The summed E-state index contributed by atoms with van der Waals surface area (Å²) in [5.41, 5.74) is 1.96. The number of hydrogen-bond acceptors (Lipinski definition) is 3. The van der Waals surface area contributed by atoms with Crippen LogP contribution in [0.1, 0.15) is 32.3 Å². The maximum absolute atomic E-state index is 8.93. The first-order valence-electron chi connectivity index (χ1n) is 6.72. The molecule has 0 aliphatic rings. The molecule has 1 aromatic carbocycles. The number of aryl methyl sites for hydroxylation is 1. The molecule has 0 radical (unpaired) electrons. The minimum absolute atomic E-state index is 0.601. The van der Waals surface area contributed by atoms with E-state index >= 15 is 0 Å². The minimum Gasteiger partial charge on any atom is -0.500 e. The fraction of sp³-hybridized carbons (Fsp3) is 0.438. The van der Waals surface area contributed by atoms with Crippen molar-refractivity contribution in [2.75, 3.05) is 13.2 Å². The molecule has 3 nitrogen and oxygen atoms in total. The molecule has 0 heterocycles. The number of ether oxygens (including phenoxy) is 2. The second kappa shape index (κ2) is 9.04. The van der Waals surface area contributed by atoms with E-state index in [9.17, 15) is 0 Å². The number of benzene rings is 1. The van der Waals surface area contributed by atoms with Gasteiger partial charge in [0.15, 0.2) is 0 Å². The van der Waals surface area contributed by atoms with Crippen LogP contribution in [0.3, 0.4) is 0 Å². The highest BCUT2D eigenvalue weighted by molar-refractivity contribution is 5.27. The van der Waals surface area contributed by atoms with E-state index in [0.717, 1.165) is 25.0 Å². The Morgan fingerprint density at radius 2 is 1.95 bits per heavy atom. The Hall–Kier alpha value is -1.95. The molecule has 0 aromatic heterocycles. The van der Waals surface area contributed by atoms with Gasteiger partial charge in [-0.15, -0.1) is 0 Å². The monoisotopic (exact) mass is 259 g/mol. The van der Waals surface area contributed by atoms with E-state index in [0.29, 0.717) is 18.8 Å². The van der Waals surface area contributed by atoms with Gasteiger partial charge in [-0.1, -0.05) is 12.1 Å². The molecule has 0 aliphatic heterocycles. The molecule has 0 unspecified atom stereocenters. The molecule has 19 heavy (non-hydrogen) atoms. The van der Waals surface area contributed by atoms with Crippen molar-refractivity contribution in [2.45, 2.75) is 33.1 Å². The van der Waals surface area contributed by atoms with Crippen molar-refractivity contribution in [3.05, 3.63) is 41.7 Å². The average Bonchev–Trinajstić information content (AvgIpc) is 2.44. The SMILES string of the molecule is CCOC=C(C#N)CCCc1ccc(OCC)cc1. The Labute approximate surface area is 115 Å². The quantitative estimate of drug-likeness (QED) is 0.526. The zero-order valence-corrected chi connectivity index (χ0v) is 11.7. The standard InChI is InChI=1S/C16H21NO2/c1-3-18-13-15(12-17)7-5-6-14-8-10-16(11-9-14)19-4-2/h8-11,13H,3-7H2,1-2H3. The summed E-state index contributed by atoms with van der Waals surface area (Å²) in [5.74, 6) is 0.903. The molecule has 3 heteroatoms. The van der Waals surface area contributed by atoms with E-state index < -0.39 is 0 Å². The van der Waals surface area contributed by atoms with Crippen LogP contribution in [0.25, 0.3) is 0 Å². The Kier molecular flexibility index (Phi) is 7.19. The first-order valence-corrected chi connectivity index (χ1v) is 6.72. The maximum atomic E-state index is 8.93. The van der Waals surface area contributed by atoms with E-state index in [1.807, 2.05) is 26.0 Å². The normalized spacial score (nSPS) is 10.9. The second-order valence-corrected chi connectivity index (χ2v) is 4.14. The second-order valence-electron chi connectivity index (χ2n) is 4.14. The molecule has 0 spiro atoms. The van der Waals surface area contributed by atoms with Crippen LogP contribution in [0.5, 0.6) is 5.75 Å². The number of allylic oxidation sites excluding steroid dienone is 1. The topological polar surface area (TPSA) is 42.2 Å². The van der Waals surface area contributed by atoms with E-state index in [-0.39, 0.29) is 0 Å². The highest BCUT2D eigenvalue weighted by Gasteiger charge is 1.99. The first-order chi connectivity index (χ1) is 9.30. The lowest BCUT2D eigenvalue weighted by Crippen LogP contribution is -1.92.